The van der Waals surface area contributed by atoms with Gasteiger partial charge in [-0.25, -0.2) is 14.5 Å². The minimum Gasteiger partial charge on any atom is -0.478 e. The summed E-state index contributed by atoms with van der Waals surface area (Å²) in [6, 6.07) is 15.1. The number of nitrogens with zero attached hydrogens (tertiary/aromatic N) is 3. The lowest BCUT2D eigenvalue weighted by atomic mass is 9.99. The summed E-state index contributed by atoms with van der Waals surface area (Å²) < 4.78 is 2.02. The zero-order valence-electron chi connectivity index (χ0n) is 17.4. The number of rotatable bonds is 9. The Labute approximate surface area is 172 Å². The summed E-state index contributed by atoms with van der Waals surface area (Å²) in [6.45, 7) is 7.26. The van der Waals surface area contributed by atoms with Gasteiger partial charge < -0.3 is 5.11 Å². The van der Waals surface area contributed by atoms with Crippen molar-refractivity contribution in [3.8, 4) is 11.1 Å². The third kappa shape index (κ3) is 5.31. The Morgan fingerprint density at radius 3 is 2.45 bits per heavy atom. The molecule has 3 rings (SSSR count). The first-order chi connectivity index (χ1) is 14.0. The van der Waals surface area contributed by atoms with Crippen LogP contribution in [0, 0.1) is 5.92 Å². The van der Waals surface area contributed by atoms with Gasteiger partial charge in [-0.1, -0.05) is 63.2 Å². The second-order valence-electron chi connectivity index (χ2n) is 7.83. The summed E-state index contributed by atoms with van der Waals surface area (Å²) in [7, 11) is 0. The van der Waals surface area contributed by atoms with Crippen LogP contribution in [0.2, 0.25) is 0 Å². The van der Waals surface area contributed by atoms with Gasteiger partial charge in [0.25, 0.3) is 0 Å². The Morgan fingerprint density at radius 2 is 1.79 bits per heavy atom. The fourth-order valence-electron chi connectivity index (χ4n) is 3.37. The Morgan fingerprint density at radius 1 is 1.07 bits per heavy atom. The lowest BCUT2D eigenvalue weighted by molar-refractivity contribution is 0.0697. The van der Waals surface area contributed by atoms with E-state index in [1.807, 2.05) is 41.1 Å². The Kier molecular flexibility index (Phi) is 6.81. The van der Waals surface area contributed by atoms with Crippen LogP contribution >= 0.6 is 0 Å². The van der Waals surface area contributed by atoms with Gasteiger partial charge in [0.15, 0.2) is 5.82 Å². The van der Waals surface area contributed by atoms with Crippen molar-refractivity contribution in [3.05, 3.63) is 71.3 Å². The van der Waals surface area contributed by atoms with Crippen LogP contribution in [0.3, 0.4) is 0 Å². The number of aryl methyl sites for hydroxylation is 2. The third-order valence-corrected chi connectivity index (χ3v) is 4.97. The molecule has 152 valence electrons. The van der Waals surface area contributed by atoms with Crippen LogP contribution in [0.15, 0.2) is 48.5 Å². The zero-order chi connectivity index (χ0) is 20.8. The molecule has 0 radical (unpaired) electrons. The number of carbonyl (C=O) groups is 1. The Hall–Kier alpha value is -2.95. The molecule has 0 saturated heterocycles. The van der Waals surface area contributed by atoms with Crippen molar-refractivity contribution >= 4 is 5.97 Å². The molecule has 0 bridgehead atoms. The van der Waals surface area contributed by atoms with E-state index in [9.17, 15) is 9.90 Å². The largest absolute Gasteiger partial charge is 0.478 e. The standard InChI is InChI=1S/C24H29N3O2/c1-4-7-22-25-23(15-10-17(2)3)27(26-22)16-18-11-13-19(14-12-18)20-8-5-6-9-21(20)24(28)29/h5-6,8-9,11-14,17H,4,7,10,15-16H2,1-3H3,(H,28,29). The SMILES string of the molecule is CCCc1nc(CCC(C)C)n(Cc2ccc(-c3ccccc3C(=O)O)cc2)n1. The van der Waals surface area contributed by atoms with Gasteiger partial charge in [-0.3, -0.25) is 0 Å². The van der Waals surface area contributed by atoms with Gasteiger partial charge in [0.1, 0.15) is 5.82 Å². The second kappa shape index (κ2) is 9.50. The van der Waals surface area contributed by atoms with Crippen LogP contribution in [0.5, 0.6) is 0 Å². The van der Waals surface area contributed by atoms with Crippen molar-refractivity contribution in [2.75, 3.05) is 0 Å². The predicted molar refractivity (Wildman–Crippen MR) is 115 cm³/mol. The topological polar surface area (TPSA) is 68.0 Å². The van der Waals surface area contributed by atoms with E-state index in [2.05, 4.69) is 20.8 Å². The van der Waals surface area contributed by atoms with E-state index < -0.39 is 5.97 Å². The van der Waals surface area contributed by atoms with Crippen LogP contribution in [0.1, 0.15) is 61.2 Å². The molecule has 0 aliphatic carbocycles. The summed E-state index contributed by atoms with van der Waals surface area (Å²) in [5, 5.41) is 14.1. The number of benzene rings is 2. The Bertz CT molecular complexity index is 959. The normalized spacial score (nSPS) is 11.2. The van der Waals surface area contributed by atoms with Crippen molar-refractivity contribution < 1.29 is 9.90 Å². The van der Waals surface area contributed by atoms with E-state index in [1.54, 1.807) is 12.1 Å². The van der Waals surface area contributed by atoms with Crippen molar-refractivity contribution in [2.45, 2.75) is 53.0 Å². The lowest BCUT2D eigenvalue weighted by Gasteiger charge is -2.10. The maximum Gasteiger partial charge on any atom is 0.336 e. The maximum atomic E-state index is 11.5. The van der Waals surface area contributed by atoms with Crippen LogP contribution in [0.4, 0.5) is 0 Å². The van der Waals surface area contributed by atoms with Gasteiger partial charge >= 0.3 is 5.97 Å². The highest BCUT2D eigenvalue weighted by Gasteiger charge is 2.13. The number of hydrogen-bond donors (Lipinski definition) is 1. The molecule has 5 nitrogen and oxygen atoms in total. The molecule has 2 aromatic carbocycles. The molecule has 0 fully saturated rings. The molecular formula is C24H29N3O2. The number of hydrogen-bond acceptors (Lipinski definition) is 3. The van der Waals surface area contributed by atoms with E-state index in [-0.39, 0.29) is 0 Å². The van der Waals surface area contributed by atoms with E-state index in [1.165, 1.54) is 0 Å². The van der Waals surface area contributed by atoms with E-state index in [0.29, 0.717) is 18.0 Å². The van der Waals surface area contributed by atoms with Crippen molar-refractivity contribution in [2.24, 2.45) is 5.92 Å². The number of aromatic carboxylic acids is 1. The smallest absolute Gasteiger partial charge is 0.336 e. The average Bonchev–Trinajstić information content (AvgIpc) is 3.08. The van der Waals surface area contributed by atoms with Crippen molar-refractivity contribution in [1.82, 2.24) is 14.8 Å². The van der Waals surface area contributed by atoms with E-state index in [4.69, 9.17) is 10.1 Å². The van der Waals surface area contributed by atoms with Crippen LogP contribution in [0.25, 0.3) is 11.1 Å². The van der Waals surface area contributed by atoms with Crippen LogP contribution in [-0.4, -0.2) is 25.8 Å². The molecule has 3 aromatic rings. The van der Waals surface area contributed by atoms with Gasteiger partial charge in [-0.2, -0.15) is 5.10 Å². The molecular weight excluding hydrogens is 362 g/mol. The average molecular weight is 392 g/mol. The van der Waals surface area contributed by atoms with Crippen molar-refractivity contribution in [1.29, 1.82) is 0 Å². The van der Waals surface area contributed by atoms with Gasteiger partial charge in [-0.05, 0) is 41.5 Å². The number of carboxylic acid groups (broad SMARTS) is 1. The molecule has 1 N–H and O–H groups in total. The van der Waals surface area contributed by atoms with Crippen LogP contribution in [-0.2, 0) is 19.4 Å². The first-order valence-electron chi connectivity index (χ1n) is 10.3. The molecule has 0 amide bonds. The summed E-state index contributed by atoms with van der Waals surface area (Å²) in [5.41, 5.74) is 3.07. The van der Waals surface area contributed by atoms with E-state index >= 15 is 0 Å². The van der Waals surface area contributed by atoms with E-state index in [0.717, 1.165) is 54.0 Å². The molecule has 0 unspecified atom stereocenters. The molecule has 5 heteroatoms. The van der Waals surface area contributed by atoms with Crippen LogP contribution < -0.4 is 0 Å². The molecule has 0 spiro atoms. The summed E-state index contributed by atoms with van der Waals surface area (Å²) in [5.74, 6) is 1.68. The maximum absolute atomic E-state index is 11.5. The first kappa shape index (κ1) is 20.8. The third-order valence-electron chi connectivity index (χ3n) is 4.97. The van der Waals surface area contributed by atoms with Gasteiger partial charge in [0, 0.05) is 12.8 Å². The molecule has 0 aliphatic rings. The molecule has 0 saturated carbocycles. The summed E-state index contributed by atoms with van der Waals surface area (Å²) in [6.07, 6.45) is 3.95. The minimum atomic E-state index is -0.912. The monoisotopic (exact) mass is 391 g/mol. The molecule has 0 aliphatic heterocycles. The summed E-state index contributed by atoms with van der Waals surface area (Å²) in [4.78, 5) is 16.2. The lowest BCUT2D eigenvalue weighted by Crippen LogP contribution is -2.08. The second-order valence-corrected chi connectivity index (χ2v) is 7.83. The molecule has 1 aromatic heterocycles. The van der Waals surface area contributed by atoms with Crippen molar-refractivity contribution in [3.63, 3.8) is 0 Å². The summed E-state index contributed by atoms with van der Waals surface area (Å²) >= 11 is 0. The number of carboxylic acids is 1. The molecule has 1 heterocycles. The fourth-order valence-corrected chi connectivity index (χ4v) is 3.37. The fraction of sp³-hybridized carbons (Fsp3) is 0.375. The predicted octanol–water partition coefficient (Wildman–Crippen LogP) is 5.23. The quantitative estimate of drug-likeness (QED) is 0.542. The van der Waals surface area contributed by atoms with Gasteiger partial charge in [0.2, 0.25) is 0 Å². The molecule has 0 atom stereocenters. The molecule has 29 heavy (non-hydrogen) atoms. The highest BCUT2D eigenvalue weighted by Crippen LogP contribution is 2.24. The highest BCUT2D eigenvalue weighted by atomic mass is 16.4. The Balaban J connectivity index is 1.82. The highest BCUT2D eigenvalue weighted by molar-refractivity contribution is 5.95. The van der Waals surface area contributed by atoms with Gasteiger partial charge in [0.05, 0.1) is 12.1 Å². The van der Waals surface area contributed by atoms with Gasteiger partial charge in [-0.15, -0.1) is 0 Å². The minimum absolute atomic E-state index is 0.316. The zero-order valence-corrected chi connectivity index (χ0v) is 17.4. The number of aromatic nitrogens is 3. The first-order valence-corrected chi connectivity index (χ1v) is 10.3.